The summed E-state index contributed by atoms with van der Waals surface area (Å²) < 4.78 is 0. The van der Waals surface area contributed by atoms with Gasteiger partial charge in [-0.25, -0.2) is 0 Å². The lowest BCUT2D eigenvalue weighted by Crippen LogP contribution is -2.27. The van der Waals surface area contributed by atoms with Crippen molar-refractivity contribution in [2.45, 2.75) is 26.2 Å². The summed E-state index contributed by atoms with van der Waals surface area (Å²) >= 11 is 0. The Labute approximate surface area is 80.5 Å². The summed E-state index contributed by atoms with van der Waals surface area (Å²) in [5, 5.41) is 0. The third-order valence-electron chi connectivity index (χ3n) is 3.57. The molecule has 0 aromatic rings. The van der Waals surface area contributed by atoms with E-state index in [0.29, 0.717) is 18.3 Å². The fourth-order valence-corrected chi connectivity index (χ4v) is 2.55. The lowest BCUT2D eigenvalue weighted by Gasteiger charge is -2.32. The fraction of sp³-hybridized carbons (Fsp3) is 0.583. The van der Waals surface area contributed by atoms with Crippen molar-refractivity contribution in [2.75, 3.05) is 0 Å². The summed E-state index contributed by atoms with van der Waals surface area (Å²) in [6, 6.07) is 0. The van der Waals surface area contributed by atoms with E-state index in [1.165, 1.54) is 0 Å². The lowest BCUT2D eigenvalue weighted by molar-refractivity contribution is -0.110. The zero-order valence-electron chi connectivity index (χ0n) is 8.33. The first-order chi connectivity index (χ1) is 6.19. The summed E-state index contributed by atoms with van der Waals surface area (Å²) in [7, 11) is 0. The van der Waals surface area contributed by atoms with Crippen LogP contribution in [0.15, 0.2) is 25.3 Å². The normalized spacial score (nSPS) is 38.5. The third kappa shape index (κ3) is 1.60. The lowest BCUT2D eigenvalue weighted by atomic mass is 9.71. The van der Waals surface area contributed by atoms with Gasteiger partial charge in [0.2, 0.25) is 0 Å². The van der Waals surface area contributed by atoms with E-state index in [4.69, 9.17) is 0 Å². The molecule has 0 bridgehead atoms. The molecule has 1 saturated carbocycles. The number of hydrogen-bond donors (Lipinski definition) is 0. The van der Waals surface area contributed by atoms with Gasteiger partial charge in [-0.05, 0) is 30.1 Å². The molecule has 0 N–H and O–H groups in total. The van der Waals surface area contributed by atoms with Crippen LogP contribution < -0.4 is 0 Å². The van der Waals surface area contributed by atoms with Crippen molar-refractivity contribution in [3.8, 4) is 0 Å². The molecule has 2 atom stereocenters. The Balaban J connectivity index is 2.88. The van der Waals surface area contributed by atoms with Crippen LogP contribution in [0.4, 0.5) is 0 Å². The first-order valence-corrected chi connectivity index (χ1v) is 4.87. The van der Waals surface area contributed by atoms with Crippen LogP contribution in [0.3, 0.4) is 0 Å². The molecule has 0 aliphatic heterocycles. The summed E-state index contributed by atoms with van der Waals surface area (Å²) in [5.74, 6) is 0.946. The zero-order valence-corrected chi connectivity index (χ0v) is 8.33. The monoisotopic (exact) mass is 178 g/mol. The molecule has 1 aliphatic rings. The highest BCUT2D eigenvalue weighted by Crippen LogP contribution is 2.50. The van der Waals surface area contributed by atoms with E-state index in [0.717, 1.165) is 19.1 Å². The van der Waals surface area contributed by atoms with E-state index in [1.54, 1.807) is 0 Å². The molecule has 1 nitrogen and oxygen atoms in total. The molecule has 0 heterocycles. The Morgan fingerprint density at radius 2 is 1.77 bits per heavy atom. The highest BCUT2D eigenvalue weighted by molar-refractivity contribution is 5.51. The minimum atomic E-state index is 0.0747. The molecule has 1 fully saturated rings. The van der Waals surface area contributed by atoms with Gasteiger partial charge in [0.05, 0.1) is 0 Å². The van der Waals surface area contributed by atoms with Gasteiger partial charge in [0.15, 0.2) is 0 Å². The molecular weight excluding hydrogens is 160 g/mol. The smallest absolute Gasteiger partial charge is 0.120 e. The summed E-state index contributed by atoms with van der Waals surface area (Å²) in [6.07, 6.45) is 7.92. The molecule has 0 saturated heterocycles. The predicted octanol–water partition coefficient (Wildman–Crippen LogP) is 2.98. The van der Waals surface area contributed by atoms with Crippen LogP contribution in [0.2, 0.25) is 0 Å². The summed E-state index contributed by atoms with van der Waals surface area (Å²) in [4.78, 5) is 10.6. The summed E-state index contributed by atoms with van der Waals surface area (Å²) in [6.45, 7) is 9.85. The molecule has 0 spiro atoms. The average Bonchev–Trinajstić information content (AvgIpc) is 2.42. The number of rotatable bonds is 4. The van der Waals surface area contributed by atoms with Crippen molar-refractivity contribution in [3.05, 3.63) is 25.3 Å². The van der Waals surface area contributed by atoms with E-state index in [-0.39, 0.29) is 5.41 Å². The van der Waals surface area contributed by atoms with Crippen molar-refractivity contribution in [3.63, 3.8) is 0 Å². The molecule has 0 aromatic carbocycles. The van der Waals surface area contributed by atoms with E-state index in [2.05, 4.69) is 20.1 Å². The van der Waals surface area contributed by atoms with Gasteiger partial charge < -0.3 is 4.79 Å². The van der Waals surface area contributed by atoms with E-state index in [1.807, 2.05) is 12.2 Å². The fourth-order valence-electron chi connectivity index (χ4n) is 2.55. The SMILES string of the molecule is C=CC1CCC(C=C)C1(C)CC=O. The number of allylic oxidation sites excluding steroid dienone is 2. The standard InChI is InChI=1S/C12H18O/c1-4-10-6-7-11(5-2)12(10,3)8-9-13/h4-5,9-11H,1-2,6-8H2,3H3. The third-order valence-corrected chi connectivity index (χ3v) is 3.57. The van der Waals surface area contributed by atoms with Crippen molar-refractivity contribution in [2.24, 2.45) is 17.3 Å². The maximum Gasteiger partial charge on any atom is 0.120 e. The van der Waals surface area contributed by atoms with Gasteiger partial charge in [-0.3, -0.25) is 0 Å². The van der Waals surface area contributed by atoms with Gasteiger partial charge in [-0.15, -0.1) is 13.2 Å². The second-order valence-electron chi connectivity index (χ2n) is 4.14. The topological polar surface area (TPSA) is 17.1 Å². The van der Waals surface area contributed by atoms with E-state index in [9.17, 15) is 4.79 Å². The summed E-state index contributed by atoms with van der Waals surface area (Å²) in [5.41, 5.74) is 0.0747. The predicted molar refractivity (Wildman–Crippen MR) is 55.4 cm³/mol. The van der Waals surface area contributed by atoms with Gasteiger partial charge in [0, 0.05) is 6.42 Å². The molecule has 72 valence electrons. The molecule has 1 heteroatoms. The minimum absolute atomic E-state index is 0.0747. The van der Waals surface area contributed by atoms with Gasteiger partial charge in [-0.1, -0.05) is 19.1 Å². The molecule has 0 amide bonds. The Kier molecular flexibility index (Phi) is 3.07. The highest BCUT2D eigenvalue weighted by Gasteiger charge is 2.43. The molecule has 0 aromatic heterocycles. The van der Waals surface area contributed by atoms with Crippen LogP contribution in [-0.2, 0) is 4.79 Å². The van der Waals surface area contributed by atoms with Crippen molar-refractivity contribution in [1.82, 2.24) is 0 Å². The minimum Gasteiger partial charge on any atom is -0.303 e. The number of hydrogen-bond acceptors (Lipinski definition) is 1. The molecule has 2 unspecified atom stereocenters. The number of aldehydes is 1. The Morgan fingerprint density at radius 1 is 1.31 bits per heavy atom. The van der Waals surface area contributed by atoms with Crippen LogP contribution >= 0.6 is 0 Å². The van der Waals surface area contributed by atoms with Crippen LogP contribution in [0.5, 0.6) is 0 Å². The van der Waals surface area contributed by atoms with Crippen molar-refractivity contribution < 1.29 is 4.79 Å². The Bertz CT molecular complexity index is 201. The molecule has 0 radical (unpaired) electrons. The Morgan fingerprint density at radius 3 is 2.08 bits per heavy atom. The van der Waals surface area contributed by atoms with Gasteiger partial charge in [0.25, 0.3) is 0 Å². The molecule has 13 heavy (non-hydrogen) atoms. The molecule has 1 aliphatic carbocycles. The van der Waals surface area contributed by atoms with Crippen molar-refractivity contribution in [1.29, 1.82) is 0 Å². The first-order valence-electron chi connectivity index (χ1n) is 4.87. The second kappa shape index (κ2) is 3.91. The van der Waals surface area contributed by atoms with Gasteiger partial charge in [-0.2, -0.15) is 0 Å². The van der Waals surface area contributed by atoms with E-state index >= 15 is 0 Å². The maximum atomic E-state index is 10.6. The first kappa shape index (κ1) is 10.2. The van der Waals surface area contributed by atoms with Gasteiger partial charge >= 0.3 is 0 Å². The largest absolute Gasteiger partial charge is 0.303 e. The number of carbonyl (C=O) groups excluding carboxylic acids is 1. The van der Waals surface area contributed by atoms with E-state index < -0.39 is 0 Å². The van der Waals surface area contributed by atoms with Crippen LogP contribution in [0, 0.1) is 17.3 Å². The zero-order chi connectivity index (χ0) is 9.90. The Hall–Kier alpha value is -0.850. The number of carbonyl (C=O) groups is 1. The second-order valence-corrected chi connectivity index (χ2v) is 4.14. The average molecular weight is 178 g/mol. The van der Waals surface area contributed by atoms with Crippen LogP contribution in [0.25, 0.3) is 0 Å². The van der Waals surface area contributed by atoms with Crippen LogP contribution in [-0.4, -0.2) is 6.29 Å². The molecule has 1 rings (SSSR count). The van der Waals surface area contributed by atoms with Crippen molar-refractivity contribution >= 4 is 6.29 Å². The maximum absolute atomic E-state index is 10.6. The van der Waals surface area contributed by atoms with Crippen LogP contribution in [0.1, 0.15) is 26.2 Å². The quantitative estimate of drug-likeness (QED) is 0.478. The van der Waals surface area contributed by atoms with Gasteiger partial charge in [0.1, 0.15) is 6.29 Å². The molecular formula is C12H18O. The highest BCUT2D eigenvalue weighted by atomic mass is 16.1.